The molecule has 130 valence electrons. The Morgan fingerprint density at radius 2 is 1.60 bits per heavy atom. The Morgan fingerprint density at radius 3 is 2.04 bits per heavy atom. The van der Waals surface area contributed by atoms with Gasteiger partial charge in [-0.05, 0) is 24.3 Å². The van der Waals surface area contributed by atoms with E-state index < -0.39 is 17.5 Å². The summed E-state index contributed by atoms with van der Waals surface area (Å²) in [5.74, 6) is -1.32. The Kier molecular flexibility index (Phi) is 4.76. The summed E-state index contributed by atoms with van der Waals surface area (Å²) in [7, 11) is 3.32. The lowest BCUT2D eigenvalue weighted by Gasteiger charge is -2.35. The van der Waals surface area contributed by atoms with Crippen molar-refractivity contribution in [2.45, 2.75) is 12.0 Å². The summed E-state index contributed by atoms with van der Waals surface area (Å²) in [6.45, 7) is 0. The fourth-order valence-corrected chi connectivity index (χ4v) is 3.68. The van der Waals surface area contributed by atoms with Crippen LogP contribution in [0.1, 0.15) is 17.5 Å². The highest BCUT2D eigenvalue weighted by Gasteiger charge is 2.55. The normalized spacial score (nSPS) is 18.7. The number of ether oxygens (including phenoxy) is 1. The first kappa shape index (κ1) is 17.8. The lowest BCUT2D eigenvalue weighted by atomic mass is 9.75. The summed E-state index contributed by atoms with van der Waals surface area (Å²) >= 11 is 12.3. The van der Waals surface area contributed by atoms with Crippen molar-refractivity contribution >= 4 is 35.1 Å². The molecule has 1 atom stereocenters. The molecule has 1 unspecified atom stereocenters. The molecule has 6 heteroatoms. The van der Waals surface area contributed by atoms with Crippen LogP contribution < -0.4 is 0 Å². The lowest BCUT2D eigenvalue weighted by molar-refractivity contribution is -0.148. The average molecular weight is 378 g/mol. The van der Waals surface area contributed by atoms with E-state index in [4.69, 9.17) is 27.9 Å². The van der Waals surface area contributed by atoms with Crippen molar-refractivity contribution in [2.24, 2.45) is 5.92 Å². The van der Waals surface area contributed by atoms with Crippen molar-refractivity contribution < 1.29 is 14.3 Å². The van der Waals surface area contributed by atoms with Gasteiger partial charge in [-0.3, -0.25) is 9.59 Å². The molecule has 1 aliphatic rings. The van der Waals surface area contributed by atoms with Crippen LogP contribution in [0.15, 0.2) is 48.5 Å². The van der Waals surface area contributed by atoms with Gasteiger partial charge in [0.25, 0.3) is 0 Å². The summed E-state index contributed by atoms with van der Waals surface area (Å²) in [5, 5.41) is 0.996. The minimum Gasteiger partial charge on any atom is -0.448 e. The van der Waals surface area contributed by atoms with Crippen LogP contribution in [0.4, 0.5) is 0 Å². The number of rotatable bonds is 3. The fraction of sp³-hybridized carbons (Fsp3) is 0.263. The third-order valence-corrected chi connectivity index (χ3v) is 4.85. The maximum atomic E-state index is 12.9. The van der Waals surface area contributed by atoms with E-state index in [2.05, 4.69) is 0 Å². The third-order valence-electron chi connectivity index (χ3n) is 4.38. The molecule has 2 aromatic rings. The Hall–Kier alpha value is -2.04. The van der Waals surface area contributed by atoms with Gasteiger partial charge in [-0.1, -0.05) is 47.5 Å². The summed E-state index contributed by atoms with van der Waals surface area (Å²) in [4.78, 5) is 26.6. The van der Waals surface area contributed by atoms with E-state index in [-0.39, 0.29) is 12.3 Å². The summed E-state index contributed by atoms with van der Waals surface area (Å²) in [6.07, 6.45) is -0.00393. The van der Waals surface area contributed by atoms with Gasteiger partial charge in [-0.15, -0.1) is 0 Å². The minimum absolute atomic E-state index is 0.00393. The number of carbonyl (C=O) groups is 2. The van der Waals surface area contributed by atoms with Crippen LogP contribution in [-0.2, 0) is 19.9 Å². The number of amides is 1. The van der Waals surface area contributed by atoms with Gasteiger partial charge in [0.05, 0.1) is 12.3 Å². The van der Waals surface area contributed by atoms with E-state index >= 15 is 0 Å². The number of halogens is 2. The van der Waals surface area contributed by atoms with Gasteiger partial charge < -0.3 is 9.64 Å². The molecule has 1 saturated heterocycles. The van der Waals surface area contributed by atoms with Crippen molar-refractivity contribution in [2.75, 3.05) is 14.1 Å². The maximum Gasteiger partial charge on any atom is 0.308 e. The molecule has 3 rings (SSSR count). The number of hydrogen-bond donors (Lipinski definition) is 0. The van der Waals surface area contributed by atoms with E-state index in [0.717, 1.165) is 0 Å². The van der Waals surface area contributed by atoms with Gasteiger partial charge in [0.1, 0.15) is 0 Å². The van der Waals surface area contributed by atoms with Crippen molar-refractivity contribution in [3.05, 3.63) is 69.7 Å². The first-order chi connectivity index (χ1) is 11.8. The molecule has 2 aromatic carbocycles. The summed E-state index contributed by atoms with van der Waals surface area (Å²) in [5.41, 5.74) is 0.0375. The lowest BCUT2D eigenvalue weighted by Crippen LogP contribution is -2.43. The molecule has 0 aliphatic carbocycles. The monoisotopic (exact) mass is 377 g/mol. The number of hydrogen-bond acceptors (Lipinski definition) is 3. The molecule has 1 amide bonds. The first-order valence-corrected chi connectivity index (χ1v) is 8.55. The molecule has 0 bridgehead atoms. The molecule has 0 radical (unpaired) electrons. The van der Waals surface area contributed by atoms with E-state index in [1.165, 1.54) is 4.90 Å². The predicted molar refractivity (Wildman–Crippen MR) is 96.6 cm³/mol. The number of benzene rings is 2. The topological polar surface area (TPSA) is 46.6 Å². The van der Waals surface area contributed by atoms with Crippen LogP contribution in [0.5, 0.6) is 0 Å². The van der Waals surface area contributed by atoms with Crippen molar-refractivity contribution in [1.29, 1.82) is 0 Å². The predicted octanol–water partition coefficient (Wildman–Crippen LogP) is 3.89. The minimum atomic E-state index is -1.26. The van der Waals surface area contributed by atoms with Crippen molar-refractivity contribution in [3.63, 3.8) is 0 Å². The van der Waals surface area contributed by atoms with Crippen LogP contribution in [0.3, 0.4) is 0 Å². The molecule has 0 saturated carbocycles. The van der Waals surface area contributed by atoms with Crippen LogP contribution in [0.2, 0.25) is 10.0 Å². The van der Waals surface area contributed by atoms with Crippen LogP contribution in [0, 0.1) is 5.92 Å². The second kappa shape index (κ2) is 6.70. The number of esters is 1. The Bertz CT molecular complexity index is 789. The van der Waals surface area contributed by atoms with E-state index in [9.17, 15) is 9.59 Å². The second-order valence-electron chi connectivity index (χ2n) is 6.22. The Labute approximate surface area is 156 Å². The van der Waals surface area contributed by atoms with Gasteiger partial charge in [-0.25, -0.2) is 0 Å². The zero-order valence-electron chi connectivity index (χ0n) is 13.8. The molecule has 1 aliphatic heterocycles. The van der Waals surface area contributed by atoms with E-state index in [1.807, 2.05) is 0 Å². The molecule has 25 heavy (non-hydrogen) atoms. The van der Waals surface area contributed by atoms with Crippen LogP contribution >= 0.6 is 23.2 Å². The molecule has 0 aromatic heterocycles. The number of carbonyl (C=O) groups excluding carboxylic acids is 2. The highest BCUT2D eigenvalue weighted by Crippen LogP contribution is 2.48. The van der Waals surface area contributed by atoms with Gasteiger partial charge >= 0.3 is 5.97 Å². The molecular formula is C19H17Cl2NO3. The number of cyclic esters (lactones) is 1. The molecule has 4 nitrogen and oxygen atoms in total. The quantitative estimate of drug-likeness (QED) is 0.762. The van der Waals surface area contributed by atoms with E-state index in [1.54, 1.807) is 62.6 Å². The largest absolute Gasteiger partial charge is 0.448 e. The van der Waals surface area contributed by atoms with Gasteiger partial charge in [0.2, 0.25) is 5.91 Å². The standard InChI is InChI=1S/C19H17Cl2NO3/c1-22(2)18(24)16-11-17(23)25-19(16,12-5-3-7-14(20)9-12)13-6-4-8-15(21)10-13/h3-10,16H,11H2,1-2H3. The Balaban J connectivity index is 2.28. The Morgan fingerprint density at radius 1 is 1.08 bits per heavy atom. The fourth-order valence-electron chi connectivity index (χ4n) is 3.30. The molecule has 0 N–H and O–H groups in total. The zero-order chi connectivity index (χ0) is 18.2. The van der Waals surface area contributed by atoms with E-state index in [0.29, 0.717) is 21.2 Å². The summed E-state index contributed by atoms with van der Waals surface area (Å²) in [6, 6.07) is 14.1. The van der Waals surface area contributed by atoms with Crippen LogP contribution in [-0.4, -0.2) is 30.9 Å². The molecule has 1 fully saturated rings. The number of nitrogens with zero attached hydrogens (tertiary/aromatic N) is 1. The van der Waals surface area contributed by atoms with Crippen LogP contribution in [0.25, 0.3) is 0 Å². The second-order valence-corrected chi connectivity index (χ2v) is 7.09. The molecule has 0 spiro atoms. The first-order valence-electron chi connectivity index (χ1n) is 7.79. The zero-order valence-corrected chi connectivity index (χ0v) is 15.3. The van der Waals surface area contributed by atoms with Crippen molar-refractivity contribution in [3.8, 4) is 0 Å². The van der Waals surface area contributed by atoms with Gasteiger partial charge in [0.15, 0.2) is 5.60 Å². The summed E-state index contributed by atoms with van der Waals surface area (Å²) < 4.78 is 5.81. The highest BCUT2D eigenvalue weighted by atomic mass is 35.5. The molecular weight excluding hydrogens is 361 g/mol. The van der Waals surface area contributed by atoms with Gasteiger partial charge in [0, 0.05) is 35.3 Å². The smallest absolute Gasteiger partial charge is 0.308 e. The average Bonchev–Trinajstić information content (AvgIpc) is 2.92. The maximum absolute atomic E-state index is 12.9. The van der Waals surface area contributed by atoms with Crippen molar-refractivity contribution in [1.82, 2.24) is 4.90 Å². The molecule has 1 heterocycles. The van der Waals surface area contributed by atoms with Gasteiger partial charge in [-0.2, -0.15) is 0 Å². The highest BCUT2D eigenvalue weighted by molar-refractivity contribution is 6.31. The third kappa shape index (κ3) is 3.12. The SMILES string of the molecule is CN(C)C(=O)C1CC(=O)OC1(c1cccc(Cl)c1)c1cccc(Cl)c1.